The highest BCUT2D eigenvalue weighted by molar-refractivity contribution is 7.92. The first-order valence-corrected chi connectivity index (χ1v) is 14.4. The summed E-state index contributed by atoms with van der Waals surface area (Å²) in [5.74, 6) is -0.570. The number of rotatable bonds is 8. The Morgan fingerprint density at radius 3 is 2.19 bits per heavy atom. The van der Waals surface area contributed by atoms with Crippen LogP contribution in [0.3, 0.4) is 0 Å². The lowest BCUT2D eigenvalue weighted by Gasteiger charge is -2.26. The number of nitrogens with zero attached hydrogens (tertiary/aromatic N) is 1. The van der Waals surface area contributed by atoms with Crippen LogP contribution in [0.4, 0.5) is 11.4 Å². The van der Waals surface area contributed by atoms with E-state index in [-0.39, 0.29) is 10.6 Å². The van der Waals surface area contributed by atoms with Gasteiger partial charge in [-0.05, 0) is 60.2 Å². The summed E-state index contributed by atoms with van der Waals surface area (Å²) >= 11 is 5.90. The van der Waals surface area contributed by atoms with Crippen molar-refractivity contribution in [3.63, 3.8) is 0 Å². The van der Waals surface area contributed by atoms with E-state index in [0.29, 0.717) is 53.8 Å². The van der Waals surface area contributed by atoms with Gasteiger partial charge in [-0.1, -0.05) is 29.8 Å². The highest BCUT2D eigenvalue weighted by atomic mass is 35.5. The number of hydrogen-bond donors (Lipinski definition) is 2. The molecule has 36 heavy (non-hydrogen) atoms. The van der Waals surface area contributed by atoms with Gasteiger partial charge in [-0.2, -0.15) is 4.31 Å². The Labute approximate surface area is 215 Å². The van der Waals surface area contributed by atoms with Gasteiger partial charge in [0, 0.05) is 29.4 Å². The Morgan fingerprint density at radius 1 is 0.889 bits per heavy atom. The van der Waals surface area contributed by atoms with Crippen LogP contribution in [-0.4, -0.2) is 53.4 Å². The van der Waals surface area contributed by atoms with Crippen LogP contribution in [0.15, 0.2) is 77.7 Å². The van der Waals surface area contributed by atoms with Gasteiger partial charge in [-0.3, -0.25) is 9.52 Å². The number of anilines is 2. The smallest absolute Gasteiger partial charge is 0.261 e. The van der Waals surface area contributed by atoms with E-state index in [1.807, 2.05) is 0 Å². The lowest BCUT2D eigenvalue weighted by molar-refractivity contribution is 0.0729. The van der Waals surface area contributed by atoms with Gasteiger partial charge in [0.15, 0.2) is 0 Å². The Bertz CT molecular complexity index is 1440. The lowest BCUT2D eigenvalue weighted by atomic mass is 10.1. The van der Waals surface area contributed by atoms with Crippen molar-refractivity contribution in [2.24, 2.45) is 0 Å². The van der Waals surface area contributed by atoms with Crippen LogP contribution in [0.1, 0.15) is 15.9 Å². The lowest BCUT2D eigenvalue weighted by Crippen LogP contribution is -2.41. The number of benzene rings is 3. The van der Waals surface area contributed by atoms with Crippen molar-refractivity contribution in [1.29, 1.82) is 0 Å². The normalized spacial score (nSPS) is 14.8. The van der Waals surface area contributed by atoms with Crippen molar-refractivity contribution < 1.29 is 26.4 Å². The molecule has 3 aromatic rings. The van der Waals surface area contributed by atoms with E-state index in [1.54, 1.807) is 42.5 Å². The van der Waals surface area contributed by atoms with Crippen molar-refractivity contribution in [2.75, 3.05) is 36.3 Å². The predicted octanol–water partition coefficient (Wildman–Crippen LogP) is 3.56. The number of carbonyl (C=O) groups excluding carboxylic acids is 1. The highest BCUT2D eigenvalue weighted by Crippen LogP contribution is 2.21. The number of hydrogen-bond acceptors (Lipinski definition) is 6. The zero-order chi connectivity index (χ0) is 25.8. The Hall–Kier alpha value is -2.96. The molecule has 0 spiro atoms. The molecule has 0 atom stereocenters. The van der Waals surface area contributed by atoms with Gasteiger partial charge < -0.3 is 10.1 Å². The summed E-state index contributed by atoms with van der Waals surface area (Å²) in [5.41, 5.74) is 1.64. The average molecular weight is 550 g/mol. The molecule has 1 saturated heterocycles. The number of nitrogens with one attached hydrogen (secondary N) is 2. The molecule has 190 valence electrons. The average Bonchev–Trinajstić information content (AvgIpc) is 2.85. The third-order valence-corrected chi connectivity index (χ3v) is 8.91. The van der Waals surface area contributed by atoms with Crippen molar-refractivity contribution >= 4 is 48.9 Å². The zero-order valence-corrected chi connectivity index (χ0v) is 21.4. The van der Waals surface area contributed by atoms with Gasteiger partial charge in [0.2, 0.25) is 10.0 Å². The first-order chi connectivity index (χ1) is 17.1. The number of ether oxygens (including phenoxy) is 1. The number of amides is 1. The third kappa shape index (κ3) is 6.62. The van der Waals surface area contributed by atoms with E-state index in [1.165, 1.54) is 34.6 Å². The Balaban J connectivity index is 1.37. The summed E-state index contributed by atoms with van der Waals surface area (Å²) in [6.45, 7) is 1.42. The molecule has 4 rings (SSSR count). The molecule has 0 aromatic heterocycles. The molecule has 9 nitrogen and oxygen atoms in total. The van der Waals surface area contributed by atoms with E-state index < -0.39 is 26.0 Å². The molecule has 12 heteroatoms. The van der Waals surface area contributed by atoms with E-state index >= 15 is 0 Å². The summed E-state index contributed by atoms with van der Waals surface area (Å²) in [4.78, 5) is 12.6. The standard InChI is InChI=1S/C24H24ClN3O6S2/c25-20-2-1-3-22(16-20)27-36(32,33)23-10-8-21(9-11-23)26-24(29)19-6-4-18(5-7-19)17-35(30,31)28-12-14-34-15-13-28/h1-11,16,27H,12-15,17H2,(H,26,29). The molecular formula is C24H24ClN3O6S2. The highest BCUT2D eigenvalue weighted by Gasteiger charge is 2.24. The van der Waals surface area contributed by atoms with E-state index in [4.69, 9.17) is 16.3 Å². The number of halogens is 1. The molecule has 0 saturated carbocycles. The summed E-state index contributed by atoms with van der Waals surface area (Å²) < 4.78 is 59.4. The monoisotopic (exact) mass is 549 g/mol. The number of morpholine rings is 1. The molecule has 2 N–H and O–H groups in total. The predicted molar refractivity (Wildman–Crippen MR) is 138 cm³/mol. The number of carbonyl (C=O) groups is 1. The molecule has 0 unspecified atom stereocenters. The van der Waals surface area contributed by atoms with Crippen LogP contribution in [0.25, 0.3) is 0 Å². The largest absolute Gasteiger partial charge is 0.379 e. The molecular weight excluding hydrogens is 526 g/mol. The molecule has 0 radical (unpaired) electrons. The maximum absolute atomic E-state index is 12.6. The van der Waals surface area contributed by atoms with Gasteiger partial charge in [0.25, 0.3) is 15.9 Å². The summed E-state index contributed by atoms with van der Waals surface area (Å²) in [6, 6.07) is 18.4. The van der Waals surface area contributed by atoms with Crippen molar-refractivity contribution in [2.45, 2.75) is 10.6 Å². The second-order valence-electron chi connectivity index (χ2n) is 8.06. The summed E-state index contributed by atoms with van der Waals surface area (Å²) in [6.07, 6.45) is 0. The van der Waals surface area contributed by atoms with Crippen LogP contribution in [0.5, 0.6) is 0 Å². The molecule has 0 bridgehead atoms. The Kier molecular flexibility index (Phi) is 7.96. The van der Waals surface area contributed by atoms with E-state index in [9.17, 15) is 21.6 Å². The fourth-order valence-electron chi connectivity index (χ4n) is 3.57. The number of sulfonamides is 2. The summed E-state index contributed by atoms with van der Waals surface area (Å²) in [7, 11) is -7.30. The zero-order valence-electron chi connectivity index (χ0n) is 19.1. The van der Waals surface area contributed by atoms with Crippen molar-refractivity contribution in [3.05, 3.63) is 88.9 Å². The van der Waals surface area contributed by atoms with Crippen molar-refractivity contribution in [3.8, 4) is 0 Å². The van der Waals surface area contributed by atoms with Gasteiger partial charge >= 0.3 is 0 Å². The molecule has 1 aliphatic rings. The van der Waals surface area contributed by atoms with Gasteiger partial charge in [-0.25, -0.2) is 16.8 Å². The fraction of sp³-hybridized carbons (Fsp3) is 0.208. The third-order valence-electron chi connectivity index (χ3n) is 5.43. The van der Waals surface area contributed by atoms with E-state index in [2.05, 4.69) is 10.0 Å². The first kappa shape index (κ1) is 26.1. The topological polar surface area (TPSA) is 122 Å². The minimum atomic E-state index is -3.84. The second kappa shape index (κ2) is 11.0. The maximum atomic E-state index is 12.6. The first-order valence-electron chi connectivity index (χ1n) is 11.0. The molecule has 3 aromatic carbocycles. The Morgan fingerprint density at radius 2 is 1.56 bits per heavy atom. The van der Waals surface area contributed by atoms with Crippen LogP contribution in [0.2, 0.25) is 5.02 Å². The van der Waals surface area contributed by atoms with Crippen LogP contribution < -0.4 is 10.0 Å². The molecule has 1 aliphatic heterocycles. The molecule has 0 aliphatic carbocycles. The van der Waals surface area contributed by atoms with Crippen molar-refractivity contribution in [1.82, 2.24) is 4.31 Å². The summed E-state index contributed by atoms with van der Waals surface area (Å²) in [5, 5.41) is 3.10. The quantitative estimate of drug-likeness (QED) is 0.443. The minimum Gasteiger partial charge on any atom is -0.379 e. The molecule has 1 fully saturated rings. The van der Waals surface area contributed by atoms with Crippen LogP contribution in [0, 0.1) is 0 Å². The fourth-order valence-corrected chi connectivity index (χ4v) is 6.31. The minimum absolute atomic E-state index is 0.0197. The molecule has 1 amide bonds. The molecule has 1 heterocycles. The maximum Gasteiger partial charge on any atom is 0.261 e. The second-order valence-corrected chi connectivity index (χ2v) is 12.1. The van der Waals surface area contributed by atoms with Gasteiger partial charge in [0.05, 0.1) is 29.5 Å². The van der Waals surface area contributed by atoms with Crippen LogP contribution >= 0.6 is 11.6 Å². The van der Waals surface area contributed by atoms with Gasteiger partial charge in [0.1, 0.15) is 0 Å². The van der Waals surface area contributed by atoms with Gasteiger partial charge in [-0.15, -0.1) is 0 Å². The van der Waals surface area contributed by atoms with E-state index in [0.717, 1.165) is 0 Å². The SMILES string of the molecule is O=C(Nc1ccc(S(=O)(=O)Nc2cccc(Cl)c2)cc1)c1ccc(CS(=O)(=O)N2CCOCC2)cc1. The van der Waals surface area contributed by atoms with Crippen LogP contribution in [-0.2, 0) is 30.5 Å².